The molecule has 2 amide bonds. The van der Waals surface area contributed by atoms with Gasteiger partial charge in [0.25, 0.3) is 0 Å². The molecule has 0 atom stereocenters. The molecule has 0 saturated carbocycles. The van der Waals surface area contributed by atoms with Crippen molar-refractivity contribution in [3.8, 4) is 0 Å². The molecular formula is C14H21N3O4S. The largest absolute Gasteiger partial charge is 0.445 e. The van der Waals surface area contributed by atoms with Gasteiger partial charge in [0.1, 0.15) is 17.2 Å². The summed E-state index contributed by atoms with van der Waals surface area (Å²) in [7, 11) is 0. The van der Waals surface area contributed by atoms with Gasteiger partial charge in [-0.3, -0.25) is 0 Å². The van der Waals surface area contributed by atoms with Crippen molar-refractivity contribution in [1.29, 1.82) is 0 Å². The number of aromatic nitrogens is 1. The van der Waals surface area contributed by atoms with Gasteiger partial charge in [-0.1, -0.05) is 12.7 Å². The number of alkyl carbamates (subject to hydrolysis) is 2. The fraction of sp³-hybridized carbons (Fsp3) is 0.500. The van der Waals surface area contributed by atoms with Crippen LogP contribution in [-0.4, -0.2) is 29.4 Å². The van der Waals surface area contributed by atoms with Crippen molar-refractivity contribution in [3.63, 3.8) is 0 Å². The molecule has 0 aliphatic rings. The molecule has 1 aromatic heterocycles. The van der Waals surface area contributed by atoms with E-state index in [9.17, 15) is 9.59 Å². The Morgan fingerprint density at radius 1 is 1.32 bits per heavy atom. The lowest BCUT2D eigenvalue weighted by Crippen LogP contribution is -2.32. The topological polar surface area (TPSA) is 89.6 Å². The van der Waals surface area contributed by atoms with Gasteiger partial charge in [-0.15, -0.1) is 11.3 Å². The molecule has 2 N–H and O–H groups in total. The standard InChI is InChI=1S/C14H21N3O4S/c1-5-6-20-12(18)15-7-10-9-22-11(17-10)8-16-13(19)21-14(2,3)4/h5,9H,1,6-8H2,2-4H3,(H,15,18)(H,16,19). The predicted molar refractivity (Wildman–Crippen MR) is 83.6 cm³/mol. The number of thiazole rings is 1. The lowest BCUT2D eigenvalue weighted by molar-refractivity contribution is 0.0523. The second kappa shape index (κ2) is 8.38. The summed E-state index contributed by atoms with van der Waals surface area (Å²) in [4.78, 5) is 27.1. The molecule has 8 heteroatoms. The van der Waals surface area contributed by atoms with E-state index in [0.717, 1.165) is 5.01 Å². The van der Waals surface area contributed by atoms with Crippen LogP contribution in [0.15, 0.2) is 18.0 Å². The van der Waals surface area contributed by atoms with Crippen LogP contribution in [0.1, 0.15) is 31.5 Å². The molecule has 0 aromatic carbocycles. The number of hydrogen-bond acceptors (Lipinski definition) is 6. The molecule has 0 fully saturated rings. The molecule has 0 spiro atoms. The molecule has 0 bridgehead atoms. The Bertz CT molecular complexity index is 522. The molecule has 22 heavy (non-hydrogen) atoms. The smallest absolute Gasteiger partial charge is 0.408 e. The van der Waals surface area contributed by atoms with E-state index < -0.39 is 17.8 Å². The van der Waals surface area contributed by atoms with Crippen LogP contribution in [0.3, 0.4) is 0 Å². The monoisotopic (exact) mass is 327 g/mol. The van der Waals surface area contributed by atoms with Crippen LogP contribution in [0.4, 0.5) is 9.59 Å². The number of carbonyl (C=O) groups excluding carboxylic acids is 2. The fourth-order valence-electron chi connectivity index (χ4n) is 1.32. The Balaban J connectivity index is 2.33. The quantitative estimate of drug-likeness (QED) is 0.784. The molecular weight excluding hydrogens is 306 g/mol. The van der Waals surface area contributed by atoms with Crippen molar-refractivity contribution in [2.75, 3.05) is 6.61 Å². The summed E-state index contributed by atoms with van der Waals surface area (Å²) in [5.41, 5.74) is 0.162. The van der Waals surface area contributed by atoms with Crippen LogP contribution in [0.25, 0.3) is 0 Å². The molecule has 1 aromatic rings. The van der Waals surface area contributed by atoms with E-state index in [0.29, 0.717) is 5.69 Å². The third-order valence-electron chi connectivity index (χ3n) is 2.13. The maximum absolute atomic E-state index is 11.5. The number of carbonyl (C=O) groups is 2. The number of ether oxygens (including phenoxy) is 2. The molecule has 0 unspecified atom stereocenters. The average Bonchev–Trinajstić information content (AvgIpc) is 2.86. The fourth-order valence-corrected chi connectivity index (χ4v) is 2.06. The maximum atomic E-state index is 11.5. The normalized spacial score (nSPS) is 10.7. The highest BCUT2D eigenvalue weighted by Crippen LogP contribution is 2.10. The summed E-state index contributed by atoms with van der Waals surface area (Å²) in [6, 6.07) is 0. The first-order valence-corrected chi connectivity index (χ1v) is 7.60. The Morgan fingerprint density at radius 2 is 2.00 bits per heavy atom. The first-order chi connectivity index (χ1) is 10.3. The summed E-state index contributed by atoms with van der Waals surface area (Å²) in [5, 5.41) is 7.72. The average molecular weight is 327 g/mol. The number of nitrogens with one attached hydrogen (secondary N) is 2. The second-order valence-corrected chi connectivity index (χ2v) is 6.27. The first-order valence-electron chi connectivity index (χ1n) is 6.72. The van der Waals surface area contributed by atoms with E-state index in [-0.39, 0.29) is 19.7 Å². The van der Waals surface area contributed by atoms with Crippen molar-refractivity contribution in [2.24, 2.45) is 0 Å². The van der Waals surface area contributed by atoms with Crippen LogP contribution >= 0.6 is 11.3 Å². The van der Waals surface area contributed by atoms with E-state index >= 15 is 0 Å². The van der Waals surface area contributed by atoms with Crippen molar-refractivity contribution in [3.05, 3.63) is 28.7 Å². The van der Waals surface area contributed by atoms with Crippen molar-refractivity contribution < 1.29 is 19.1 Å². The van der Waals surface area contributed by atoms with Crippen molar-refractivity contribution >= 4 is 23.5 Å². The molecule has 0 saturated heterocycles. The van der Waals surface area contributed by atoms with Crippen molar-refractivity contribution in [2.45, 2.75) is 39.5 Å². The van der Waals surface area contributed by atoms with E-state index in [4.69, 9.17) is 9.47 Å². The Kier molecular flexibility index (Phi) is 6.84. The summed E-state index contributed by atoms with van der Waals surface area (Å²) in [6.07, 6.45) is 0.472. The zero-order chi connectivity index (χ0) is 16.6. The predicted octanol–water partition coefficient (Wildman–Crippen LogP) is 2.58. The van der Waals surface area contributed by atoms with Crippen LogP contribution in [0, 0.1) is 0 Å². The Morgan fingerprint density at radius 3 is 2.64 bits per heavy atom. The summed E-state index contributed by atoms with van der Waals surface area (Å²) < 4.78 is 9.91. The summed E-state index contributed by atoms with van der Waals surface area (Å²) in [5.74, 6) is 0. The van der Waals surface area contributed by atoms with Gasteiger partial charge in [-0.25, -0.2) is 14.6 Å². The summed E-state index contributed by atoms with van der Waals surface area (Å²) in [6.45, 7) is 9.54. The lowest BCUT2D eigenvalue weighted by atomic mass is 10.2. The number of hydrogen-bond donors (Lipinski definition) is 2. The SMILES string of the molecule is C=CCOC(=O)NCc1csc(CNC(=O)OC(C)(C)C)n1. The van der Waals surface area contributed by atoms with Crippen LogP contribution in [0.5, 0.6) is 0 Å². The van der Waals surface area contributed by atoms with Gasteiger partial charge in [-0.2, -0.15) is 0 Å². The third-order valence-corrected chi connectivity index (χ3v) is 3.03. The number of nitrogens with zero attached hydrogens (tertiary/aromatic N) is 1. The number of rotatable bonds is 6. The second-order valence-electron chi connectivity index (χ2n) is 5.33. The number of amides is 2. The highest BCUT2D eigenvalue weighted by molar-refractivity contribution is 7.09. The highest BCUT2D eigenvalue weighted by Gasteiger charge is 2.16. The van der Waals surface area contributed by atoms with Gasteiger partial charge in [0.05, 0.1) is 18.8 Å². The minimum Gasteiger partial charge on any atom is -0.445 e. The minimum absolute atomic E-state index is 0.161. The maximum Gasteiger partial charge on any atom is 0.408 e. The zero-order valence-electron chi connectivity index (χ0n) is 13.0. The molecule has 7 nitrogen and oxygen atoms in total. The Hall–Kier alpha value is -2.09. The van der Waals surface area contributed by atoms with E-state index in [2.05, 4.69) is 22.2 Å². The van der Waals surface area contributed by atoms with E-state index in [1.807, 2.05) is 0 Å². The highest BCUT2D eigenvalue weighted by atomic mass is 32.1. The lowest BCUT2D eigenvalue weighted by Gasteiger charge is -2.19. The van der Waals surface area contributed by atoms with Gasteiger partial charge in [0.2, 0.25) is 0 Å². The van der Waals surface area contributed by atoms with E-state index in [1.54, 1.807) is 26.2 Å². The van der Waals surface area contributed by atoms with Gasteiger partial charge >= 0.3 is 12.2 Å². The zero-order valence-corrected chi connectivity index (χ0v) is 13.8. The molecule has 0 aliphatic carbocycles. The first kappa shape index (κ1) is 18.0. The van der Waals surface area contributed by atoms with Crippen molar-refractivity contribution in [1.82, 2.24) is 15.6 Å². The van der Waals surface area contributed by atoms with E-state index in [1.165, 1.54) is 17.4 Å². The molecule has 0 radical (unpaired) electrons. The Labute approximate surface area is 133 Å². The van der Waals surface area contributed by atoms with Gasteiger partial charge in [0.15, 0.2) is 0 Å². The molecule has 0 aliphatic heterocycles. The van der Waals surface area contributed by atoms with Gasteiger partial charge in [-0.05, 0) is 20.8 Å². The third kappa shape index (κ3) is 7.63. The molecule has 1 heterocycles. The van der Waals surface area contributed by atoms with Crippen LogP contribution < -0.4 is 10.6 Å². The minimum atomic E-state index is -0.534. The molecule has 122 valence electrons. The van der Waals surface area contributed by atoms with Gasteiger partial charge in [0, 0.05) is 5.38 Å². The summed E-state index contributed by atoms with van der Waals surface area (Å²) >= 11 is 1.39. The molecule has 1 rings (SSSR count). The van der Waals surface area contributed by atoms with Crippen LogP contribution in [0.2, 0.25) is 0 Å². The van der Waals surface area contributed by atoms with Crippen LogP contribution in [-0.2, 0) is 22.6 Å². The van der Waals surface area contributed by atoms with Gasteiger partial charge < -0.3 is 20.1 Å².